The third-order valence-electron chi connectivity index (χ3n) is 3.15. The molecule has 25 heavy (non-hydrogen) atoms. The van der Waals surface area contributed by atoms with E-state index in [0.29, 0.717) is 12.3 Å². The number of esters is 1. The summed E-state index contributed by atoms with van der Waals surface area (Å²) in [5, 5.41) is 6.38. The Morgan fingerprint density at radius 3 is 2.72 bits per heavy atom. The normalized spacial score (nSPS) is 11.0. The number of carbonyl (C=O) groups excluding carboxylic acids is 2. The fraction of sp³-hybridized carbons (Fsp3) is 0.412. The van der Waals surface area contributed by atoms with Gasteiger partial charge in [0.15, 0.2) is 6.61 Å². The van der Waals surface area contributed by atoms with Crippen molar-refractivity contribution in [1.29, 1.82) is 0 Å². The van der Waals surface area contributed by atoms with Crippen LogP contribution in [0.2, 0.25) is 0 Å². The van der Waals surface area contributed by atoms with Gasteiger partial charge < -0.3 is 14.0 Å². The van der Waals surface area contributed by atoms with Crippen molar-refractivity contribution >= 4 is 17.8 Å². The molecule has 0 aromatic carbocycles. The van der Waals surface area contributed by atoms with Crippen molar-refractivity contribution in [1.82, 2.24) is 10.1 Å². The van der Waals surface area contributed by atoms with Crippen LogP contribution in [-0.2, 0) is 14.9 Å². The van der Waals surface area contributed by atoms with Gasteiger partial charge in [-0.1, -0.05) is 25.9 Å². The maximum atomic E-state index is 12.1. The molecule has 0 radical (unpaired) electrons. The number of hydrogen-bond donors (Lipinski definition) is 1. The molecular formula is C17H21N3O5. The van der Waals surface area contributed by atoms with Crippen LogP contribution >= 0.6 is 0 Å². The maximum Gasteiger partial charge on any atom is 0.344 e. The highest BCUT2D eigenvalue weighted by molar-refractivity contribution is 5.95. The van der Waals surface area contributed by atoms with Crippen molar-refractivity contribution in [2.45, 2.75) is 33.1 Å². The van der Waals surface area contributed by atoms with E-state index in [4.69, 9.17) is 14.0 Å². The molecule has 0 saturated heterocycles. The van der Waals surface area contributed by atoms with Crippen molar-refractivity contribution < 1.29 is 23.6 Å². The van der Waals surface area contributed by atoms with E-state index in [1.54, 1.807) is 19.1 Å². The summed E-state index contributed by atoms with van der Waals surface area (Å²) >= 11 is 0. The van der Waals surface area contributed by atoms with Gasteiger partial charge in [0.25, 0.3) is 5.91 Å². The highest BCUT2D eigenvalue weighted by Gasteiger charge is 2.20. The van der Waals surface area contributed by atoms with Gasteiger partial charge in [0.1, 0.15) is 5.56 Å². The van der Waals surface area contributed by atoms with E-state index < -0.39 is 18.5 Å². The molecule has 1 amide bonds. The Bertz CT molecular complexity index is 749. The van der Waals surface area contributed by atoms with E-state index in [9.17, 15) is 9.59 Å². The topological polar surface area (TPSA) is 104 Å². The summed E-state index contributed by atoms with van der Waals surface area (Å²) in [6.07, 6.45) is 1.51. The summed E-state index contributed by atoms with van der Waals surface area (Å²) < 4.78 is 15.3. The molecule has 8 heteroatoms. The Hall–Kier alpha value is -2.90. The van der Waals surface area contributed by atoms with Gasteiger partial charge in [0.05, 0.1) is 12.3 Å². The molecular weight excluding hydrogens is 326 g/mol. The van der Waals surface area contributed by atoms with Gasteiger partial charge in [-0.3, -0.25) is 10.1 Å². The maximum absolute atomic E-state index is 12.1. The summed E-state index contributed by atoms with van der Waals surface area (Å²) in [6, 6.07) is 4.74. The fourth-order valence-corrected chi connectivity index (χ4v) is 1.87. The highest BCUT2D eigenvalue weighted by Crippen LogP contribution is 2.23. The highest BCUT2D eigenvalue weighted by atomic mass is 16.5. The number of aromatic nitrogens is 2. The first-order valence-corrected chi connectivity index (χ1v) is 7.83. The molecule has 0 spiro atoms. The average molecular weight is 347 g/mol. The first-order chi connectivity index (χ1) is 11.8. The number of nitrogens with zero attached hydrogens (tertiary/aromatic N) is 2. The van der Waals surface area contributed by atoms with Crippen LogP contribution in [0.15, 0.2) is 28.9 Å². The Labute approximate surface area is 145 Å². The van der Waals surface area contributed by atoms with Gasteiger partial charge in [0, 0.05) is 17.7 Å². The molecule has 2 aromatic rings. The van der Waals surface area contributed by atoms with E-state index in [-0.39, 0.29) is 22.7 Å². The second-order valence-corrected chi connectivity index (χ2v) is 6.24. The minimum absolute atomic E-state index is 0.159. The van der Waals surface area contributed by atoms with Crippen molar-refractivity contribution in [2.24, 2.45) is 0 Å². The zero-order valence-electron chi connectivity index (χ0n) is 14.7. The SMILES string of the molecule is CCOc1ncccc1C(=O)OCC(=O)Nc1cc(C(C)(C)C)no1. The molecule has 0 aliphatic rings. The monoisotopic (exact) mass is 347 g/mol. The molecule has 0 aliphatic heterocycles. The third kappa shape index (κ3) is 5.03. The zero-order valence-corrected chi connectivity index (χ0v) is 14.7. The number of anilines is 1. The molecule has 0 bridgehead atoms. The van der Waals surface area contributed by atoms with Gasteiger partial charge in [0.2, 0.25) is 11.8 Å². The number of carbonyl (C=O) groups is 2. The summed E-state index contributed by atoms with van der Waals surface area (Å²) in [5.74, 6) is -0.866. The van der Waals surface area contributed by atoms with Crippen molar-refractivity contribution in [3.8, 4) is 5.88 Å². The molecule has 8 nitrogen and oxygen atoms in total. The van der Waals surface area contributed by atoms with E-state index >= 15 is 0 Å². The molecule has 0 fully saturated rings. The van der Waals surface area contributed by atoms with Crippen LogP contribution in [0.25, 0.3) is 0 Å². The van der Waals surface area contributed by atoms with Crippen LogP contribution in [0, 0.1) is 0 Å². The Balaban J connectivity index is 1.92. The minimum Gasteiger partial charge on any atom is -0.477 e. The van der Waals surface area contributed by atoms with Crippen molar-refractivity contribution in [2.75, 3.05) is 18.5 Å². The number of amides is 1. The third-order valence-corrected chi connectivity index (χ3v) is 3.15. The number of rotatable bonds is 6. The van der Waals surface area contributed by atoms with E-state index in [1.807, 2.05) is 20.8 Å². The second kappa shape index (κ2) is 7.78. The van der Waals surface area contributed by atoms with Crippen LogP contribution in [0.3, 0.4) is 0 Å². The lowest BCUT2D eigenvalue weighted by atomic mass is 9.92. The smallest absolute Gasteiger partial charge is 0.344 e. The lowest BCUT2D eigenvalue weighted by Gasteiger charge is -2.12. The van der Waals surface area contributed by atoms with Crippen LogP contribution in [0.1, 0.15) is 43.7 Å². The van der Waals surface area contributed by atoms with E-state index in [2.05, 4.69) is 15.5 Å². The number of ether oxygens (including phenoxy) is 2. The molecule has 134 valence electrons. The quantitative estimate of drug-likeness (QED) is 0.801. The standard InChI is InChI=1S/C17H21N3O5/c1-5-23-15-11(7-6-8-18-15)16(22)24-10-13(21)19-14-9-12(20-25-14)17(2,3)4/h6-9H,5,10H2,1-4H3,(H,19,21). The molecule has 2 heterocycles. The molecule has 2 aromatic heterocycles. The summed E-state index contributed by atoms with van der Waals surface area (Å²) in [6.45, 7) is 7.59. The van der Waals surface area contributed by atoms with Crippen LogP contribution in [0.5, 0.6) is 5.88 Å². The van der Waals surface area contributed by atoms with Gasteiger partial charge in [-0.2, -0.15) is 0 Å². The average Bonchev–Trinajstić information content (AvgIpc) is 3.02. The van der Waals surface area contributed by atoms with Gasteiger partial charge in [-0.15, -0.1) is 0 Å². The number of pyridine rings is 1. The number of hydrogen-bond acceptors (Lipinski definition) is 7. The largest absolute Gasteiger partial charge is 0.477 e. The Morgan fingerprint density at radius 2 is 2.08 bits per heavy atom. The predicted molar refractivity (Wildman–Crippen MR) is 89.5 cm³/mol. The van der Waals surface area contributed by atoms with Crippen LogP contribution in [0.4, 0.5) is 5.88 Å². The molecule has 1 N–H and O–H groups in total. The van der Waals surface area contributed by atoms with Gasteiger partial charge >= 0.3 is 5.97 Å². The molecule has 0 aliphatic carbocycles. The van der Waals surface area contributed by atoms with Gasteiger partial charge in [-0.25, -0.2) is 9.78 Å². The summed E-state index contributed by atoms with van der Waals surface area (Å²) in [7, 11) is 0. The predicted octanol–water partition coefficient (Wildman–Crippen LogP) is 2.56. The lowest BCUT2D eigenvalue weighted by Crippen LogP contribution is -2.21. The number of nitrogens with one attached hydrogen (secondary N) is 1. The van der Waals surface area contributed by atoms with Gasteiger partial charge in [-0.05, 0) is 19.1 Å². The van der Waals surface area contributed by atoms with Crippen molar-refractivity contribution in [3.05, 3.63) is 35.7 Å². The van der Waals surface area contributed by atoms with Crippen molar-refractivity contribution in [3.63, 3.8) is 0 Å². The summed E-state index contributed by atoms with van der Waals surface area (Å²) in [5.41, 5.74) is 0.665. The zero-order chi connectivity index (χ0) is 18.4. The second-order valence-electron chi connectivity index (χ2n) is 6.24. The lowest BCUT2D eigenvalue weighted by molar-refractivity contribution is -0.119. The molecule has 0 atom stereocenters. The van der Waals surface area contributed by atoms with E-state index in [1.165, 1.54) is 12.3 Å². The van der Waals surface area contributed by atoms with E-state index in [0.717, 1.165) is 0 Å². The molecule has 0 unspecified atom stereocenters. The van der Waals surface area contributed by atoms with Crippen LogP contribution < -0.4 is 10.1 Å². The first kappa shape index (κ1) is 18.4. The minimum atomic E-state index is -0.695. The van der Waals surface area contributed by atoms with Crippen LogP contribution in [-0.4, -0.2) is 35.2 Å². The summed E-state index contributed by atoms with van der Waals surface area (Å²) in [4.78, 5) is 27.9. The Kier molecular flexibility index (Phi) is 5.74. The fourth-order valence-electron chi connectivity index (χ4n) is 1.87. The molecule has 0 saturated carbocycles. The Morgan fingerprint density at radius 1 is 1.32 bits per heavy atom. The molecule has 2 rings (SSSR count). The first-order valence-electron chi connectivity index (χ1n) is 7.83.